The van der Waals surface area contributed by atoms with E-state index in [2.05, 4.69) is 26.2 Å². The van der Waals surface area contributed by atoms with Crippen LogP contribution in [-0.2, 0) is 0 Å². The van der Waals surface area contributed by atoms with Gasteiger partial charge in [-0.15, -0.1) is 5.10 Å². The van der Waals surface area contributed by atoms with E-state index in [0.717, 1.165) is 4.47 Å². The number of aromatic nitrogens is 3. The number of nitrogen functional groups attached to an aromatic ring is 1. The third-order valence-corrected chi connectivity index (χ3v) is 2.91. The summed E-state index contributed by atoms with van der Waals surface area (Å²) in [6, 6.07) is 4.66. The average Bonchev–Trinajstić information content (AvgIpc) is 2.64. The van der Waals surface area contributed by atoms with Crippen molar-refractivity contribution < 1.29 is 4.39 Å². The summed E-state index contributed by atoms with van der Waals surface area (Å²) in [5.41, 5.74) is 6.79. The molecule has 90 valence electrons. The smallest absolute Gasteiger partial charge is 0.169 e. The molecule has 0 amide bonds. The molecule has 1 aromatic heterocycles. The van der Waals surface area contributed by atoms with E-state index in [1.807, 2.05) is 13.8 Å². The van der Waals surface area contributed by atoms with Crippen molar-refractivity contribution in [1.29, 1.82) is 0 Å². The van der Waals surface area contributed by atoms with Crippen LogP contribution in [0.15, 0.2) is 22.7 Å². The van der Waals surface area contributed by atoms with Crippen LogP contribution in [0, 0.1) is 5.82 Å². The fourth-order valence-corrected chi connectivity index (χ4v) is 2.02. The second-order valence-corrected chi connectivity index (χ2v) is 4.94. The van der Waals surface area contributed by atoms with Gasteiger partial charge in [0.1, 0.15) is 11.5 Å². The molecule has 0 saturated heterocycles. The first-order valence-corrected chi connectivity index (χ1v) is 5.96. The van der Waals surface area contributed by atoms with E-state index in [-0.39, 0.29) is 11.7 Å². The van der Waals surface area contributed by atoms with Crippen molar-refractivity contribution in [3.05, 3.63) is 34.2 Å². The van der Waals surface area contributed by atoms with Crippen molar-refractivity contribution in [2.24, 2.45) is 0 Å². The quantitative estimate of drug-likeness (QED) is 0.927. The Morgan fingerprint density at radius 1 is 1.41 bits per heavy atom. The van der Waals surface area contributed by atoms with E-state index in [4.69, 9.17) is 5.73 Å². The van der Waals surface area contributed by atoms with E-state index >= 15 is 0 Å². The molecule has 0 aliphatic carbocycles. The van der Waals surface area contributed by atoms with Crippen molar-refractivity contribution in [1.82, 2.24) is 15.0 Å². The molecule has 2 aromatic rings. The molecule has 2 N–H and O–H groups in total. The Labute approximate surface area is 107 Å². The molecule has 1 aromatic carbocycles. The van der Waals surface area contributed by atoms with Gasteiger partial charge in [0.05, 0.1) is 5.69 Å². The van der Waals surface area contributed by atoms with Gasteiger partial charge < -0.3 is 5.73 Å². The molecule has 0 unspecified atom stereocenters. The minimum Gasteiger partial charge on any atom is -0.381 e. The van der Waals surface area contributed by atoms with Crippen molar-refractivity contribution in [2.75, 3.05) is 5.73 Å². The maximum Gasteiger partial charge on any atom is 0.169 e. The van der Waals surface area contributed by atoms with E-state index in [1.165, 1.54) is 10.7 Å². The van der Waals surface area contributed by atoms with Gasteiger partial charge >= 0.3 is 0 Å². The minimum absolute atomic E-state index is 0.114. The van der Waals surface area contributed by atoms with Crippen LogP contribution in [0.3, 0.4) is 0 Å². The van der Waals surface area contributed by atoms with Crippen molar-refractivity contribution in [3.8, 4) is 5.69 Å². The number of hydrogen-bond acceptors (Lipinski definition) is 3. The highest BCUT2D eigenvalue weighted by molar-refractivity contribution is 9.10. The molecule has 0 fully saturated rings. The second-order valence-electron chi connectivity index (χ2n) is 4.02. The summed E-state index contributed by atoms with van der Waals surface area (Å²) in [5, 5.41) is 7.68. The molecule has 0 saturated carbocycles. The first-order chi connectivity index (χ1) is 8.00. The zero-order valence-electron chi connectivity index (χ0n) is 9.48. The predicted octanol–water partition coefficient (Wildman–Crippen LogP) is 2.87. The molecule has 0 atom stereocenters. The Morgan fingerprint density at radius 2 is 2.12 bits per heavy atom. The average molecular weight is 299 g/mol. The maximum absolute atomic E-state index is 13.8. The maximum atomic E-state index is 13.8. The summed E-state index contributed by atoms with van der Waals surface area (Å²) >= 11 is 3.30. The Balaban J connectivity index is 2.64. The summed E-state index contributed by atoms with van der Waals surface area (Å²) in [4.78, 5) is 0. The third kappa shape index (κ3) is 2.17. The zero-order valence-corrected chi connectivity index (χ0v) is 11.1. The lowest BCUT2D eigenvalue weighted by molar-refractivity contribution is 0.597. The first-order valence-electron chi connectivity index (χ1n) is 5.17. The van der Waals surface area contributed by atoms with Crippen LogP contribution >= 0.6 is 15.9 Å². The summed E-state index contributed by atoms with van der Waals surface area (Å²) in [6.07, 6.45) is 0. The van der Waals surface area contributed by atoms with Crippen LogP contribution in [0.4, 0.5) is 10.2 Å². The van der Waals surface area contributed by atoms with Gasteiger partial charge in [-0.3, -0.25) is 0 Å². The number of hydrogen-bond donors (Lipinski definition) is 1. The molecule has 1 heterocycles. The van der Waals surface area contributed by atoms with Gasteiger partial charge in [-0.05, 0) is 24.1 Å². The molecular formula is C11H12BrFN4. The number of rotatable bonds is 2. The van der Waals surface area contributed by atoms with Crippen LogP contribution in [0.5, 0.6) is 0 Å². The van der Waals surface area contributed by atoms with Crippen LogP contribution in [0.2, 0.25) is 0 Å². The second kappa shape index (κ2) is 4.44. The molecule has 17 heavy (non-hydrogen) atoms. The summed E-state index contributed by atoms with van der Waals surface area (Å²) in [6.45, 7) is 3.92. The monoisotopic (exact) mass is 298 g/mol. The van der Waals surface area contributed by atoms with Gasteiger partial charge in [-0.25, -0.2) is 9.07 Å². The molecule has 4 nitrogen and oxygen atoms in total. The first kappa shape index (κ1) is 12.0. The topological polar surface area (TPSA) is 56.7 Å². The Bertz CT molecular complexity index is 550. The summed E-state index contributed by atoms with van der Waals surface area (Å²) < 4.78 is 16.0. The van der Waals surface area contributed by atoms with Gasteiger partial charge in [0.15, 0.2) is 5.82 Å². The van der Waals surface area contributed by atoms with Crippen molar-refractivity contribution >= 4 is 21.7 Å². The summed E-state index contributed by atoms with van der Waals surface area (Å²) in [7, 11) is 0. The van der Waals surface area contributed by atoms with E-state index in [1.54, 1.807) is 12.1 Å². The Kier molecular flexibility index (Phi) is 3.15. The van der Waals surface area contributed by atoms with Gasteiger partial charge in [-0.1, -0.05) is 35.0 Å². The van der Waals surface area contributed by atoms with Gasteiger partial charge in [-0.2, -0.15) is 0 Å². The Morgan fingerprint density at radius 3 is 2.76 bits per heavy atom. The standard InChI is InChI=1S/C11H12BrFN4/c1-6(2)10-11(14)15-16-17(10)9-5-7(12)3-4-8(9)13/h3-6H,14H2,1-2H3. The van der Waals surface area contributed by atoms with Crippen LogP contribution in [-0.4, -0.2) is 15.0 Å². The predicted molar refractivity (Wildman–Crippen MR) is 67.5 cm³/mol. The molecule has 6 heteroatoms. The highest BCUT2D eigenvalue weighted by Crippen LogP contribution is 2.25. The van der Waals surface area contributed by atoms with Crippen LogP contribution in [0.1, 0.15) is 25.5 Å². The molecule has 0 aliphatic rings. The lowest BCUT2D eigenvalue weighted by Gasteiger charge is -2.10. The fraction of sp³-hybridized carbons (Fsp3) is 0.273. The van der Waals surface area contributed by atoms with E-state index in [0.29, 0.717) is 17.2 Å². The van der Waals surface area contributed by atoms with Crippen LogP contribution < -0.4 is 5.73 Å². The summed E-state index contributed by atoms with van der Waals surface area (Å²) in [5.74, 6) is 0.0859. The number of halogens is 2. The normalized spacial score (nSPS) is 11.1. The molecule has 0 aliphatic heterocycles. The highest BCUT2D eigenvalue weighted by Gasteiger charge is 2.17. The van der Waals surface area contributed by atoms with Crippen molar-refractivity contribution in [2.45, 2.75) is 19.8 Å². The fourth-order valence-electron chi connectivity index (χ4n) is 1.67. The SMILES string of the molecule is CC(C)c1c(N)nnn1-c1cc(Br)ccc1F. The minimum atomic E-state index is -0.361. The molecular weight excluding hydrogens is 287 g/mol. The largest absolute Gasteiger partial charge is 0.381 e. The Hall–Kier alpha value is -1.43. The van der Waals surface area contributed by atoms with Gasteiger partial charge in [0, 0.05) is 4.47 Å². The molecule has 0 bridgehead atoms. The number of nitrogens with two attached hydrogens (primary N) is 1. The number of anilines is 1. The van der Waals surface area contributed by atoms with Gasteiger partial charge in [0.2, 0.25) is 0 Å². The zero-order chi connectivity index (χ0) is 12.6. The lowest BCUT2D eigenvalue weighted by atomic mass is 10.1. The molecule has 0 spiro atoms. The number of nitrogens with zero attached hydrogens (tertiary/aromatic N) is 3. The lowest BCUT2D eigenvalue weighted by Crippen LogP contribution is -2.07. The van der Waals surface area contributed by atoms with Crippen molar-refractivity contribution in [3.63, 3.8) is 0 Å². The highest BCUT2D eigenvalue weighted by atomic mass is 79.9. The molecule has 0 radical (unpaired) electrons. The van der Waals surface area contributed by atoms with Gasteiger partial charge in [0.25, 0.3) is 0 Å². The third-order valence-electron chi connectivity index (χ3n) is 2.42. The van der Waals surface area contributed by atoms with E-state index < -0.39 is 0 Å². The van der Waals surface area contributed by atoms with E-state index in [9.17, 15) is 4.39 Å². The molecule has 2 rings (SSSR count). The van der Waals surface area contributed by atoms with Crippen LogP contribution in [0.25, 0.3) is 5.69 Å². The number of benzene rings is 1.